The molecule has 0 unspecified atom stereocenters. The smallest absolute Gasteiger partial charge is 0.343 e. The van der Waals surface area contributed by atoms with Crippen molar-refractivity contribution in [2.24, 2.45) is 0 Å². The molecule has 208 valence electrons. The number of rotatable bonds is 10. The molecular weight excluding hydrogens is 548 g/mol. The van der Waals surface area contributed by atoms with Crippen LogP contribution in [0, 0.1) is 0 Å². The number of carbonyl (C=O) groups is 4. The van der Waals surface area contributed by atoms with Gasteiger partial charge in [-0.15, -0.1) is 0 Å². The Labute approximate surface area is 240 Å². The summed E-state index contributed by atoms with van der Waals surface area (Å²) in [5.74, 6) is -6.95. The van der Waals surface area contributed by atoms with E-state index >= 15 is 0 Å². The number of ether oxygens (including phenoxy) is 2. The van der Waals surface area contributed by atoms with Crippen molar-refractivity contribution in [3.63, 3.8) is 0 Å². The fourth-order valence-electron chi connectivity index (χ4n) is 4.06. The third-order valence-corrected chi connectivity index (χ3v) is 6.48. The maximum atomic E-state index is 14.0. The highest BCUT2D eigenvalue weighted by Gasteiger charge is 2.38. The van der Waals surface area contributed by atoms with Gasteiger partial charge in [-0.3, -0.25) is 9.59 Å². The Morgan fingerprint density at radius 3 is 1.88 bits per heavy atom. The molecule has 0 bridgehead atoms. The summed E-state index contributed by atoms with van der Waals surface area (Å²) in [7, 11) is 0. The van der Waals surface area contributed by atoms with Gasteiger partial charge in [-0.05, 0) is 30.7 Å². The SMILES string of the molecule is CCCCOC(=O)c1c(C(=O)c2ccccc2)c(O)c(O)c(OC(=O)c2ccccc2)c1C(=O)c1ccccc1Cl. The van der Waals surface area contributed by atoms with Crippen LogP contribution in [0.5, 0.6) is 17.2 Å². The average Bonchev–Trinajstić information content (AvgIpc) is 2.99. The number of aromatic hydroxyl groups is 2. The summed E-state index contributed by atoms with van der Waals surface area (Å²) in [5.41, 5.74) is -2.04. The third-order valence-electron chi connectivity index (χ3n) is 6.15. The number of hydrogen-bond acceptors (Lipinski definition) is 8. The first-order valence-electron chi connectivity index (χ1n) is 12.7. The van der Waals surface area contributed by atoms with Crippen LogP contribution in [-0.2, 0) is 4.74 Å². The first-order chi connectivity index (χ1) is 19.8. The standard InChI is InChI=1S/C32H25ClO8/c1-2-3-18-40-32(39)23-24(26(34)19-12-6-4-7-13-19)28(36)29(37)30(41-31(38)20-14-8-5-9-15-20)25(23)27(35)21-16-10-11-17-22(21)33/h4-17,36-37H,2-3,18H2,1H3. The molecule has 0 radical (unpaired) electrons. The Kier molecular flexibility index (Phi) is 9.16. The Hall–Kier alpha value is -4.95. The average molecular weight is 573 g/mol. The Balaban J connectivity index is 2.05. The largest absolute Gasteiger partial charge is 0.504 e. The second kappa shape index (κ2) is 12.9. The molecule has 0 fully saturated rings. The van der Waals surface area contributed by atoms with E-state index in [0.717, 1.165) is 0 Å². The van der Waals surface area contributed by atoms with Gasteiger partial charge in [-0.1, -0.05) is 85.6 Å². The van der Waals surface area contributed by atoms with Gasteiger partial charge in [0.25, 0.3) is 0 Å². The monoisotopic (exact) mass is 572 g/mol. The minimum Gasteiger partial charge on any atom is -0.504 e. The van der Waals surface area contributed by atoms with Gasteiger partial charge in [0.1, 0.15) is 0 Å². The summed E-state index contributed by atoms with van der Waals surface area (Å²) in [6.45, 7) is 1.81. The predicted octanol–water partition coefficient (Wildman–Crippen LogP) is 6.39. The van der Waals surface area contributed by atoms with Gasteiger partial charge in [0.15, 0.2) is 23.1 Å². The molecule has 8 nitrogen and oxygen atoms in total. The van der Waals surface area contributed by atoms with E-state index in [-0.39, 0.29) is 28.3 Å². The van der Waals surface area contributed by atoms with Crippen LogP contribution in [0.3, 0.4) is 0 Å². The molecule has 0 aromatic heterocycles. The molecule has 0 aliphatic heterocycles. The van der Waals surface area contributed by atoms with Crippen molar-refractivity contribution < 1.29 is 38.9 Å². The summed E-state index contributed by atoms with van der Waals surface area (Å²) < 4.78 is 10.8. The van der Waals surface area contributed by atoms with Crippen molar-refractivity contribution in [2.75, 3.05) is 6.61 Å². The molecule has 0 saturated carbocycles. The zero-order chi connectivity index (χ0) is 29.5. The molecule has 4 aromatic carbocycles. The van der Waals surface area contributed by atoms with E-state index < -0.39 is 57.4 Å². The van der Waals surface area contributed by atoms with Gasteiger partial charge >= 0.3 is 11.9 Å². The zero-order valence-corrected chi connectivity index (χ0v) is 22.7. The Morgan fingerprint density at radius 2 is 1.27 bits per heavy atom. The van der Waals surface area contributed by atoms with Gasteiger partial charge in [-0.2, -0.15) is 0 Å². The number of hydrogen-bond donors (Lipinski definition) is 2. The van der Waals surface area contributed by atoms with E-state index in [1.807, 2.05) is 6.92 Å². The Morgan fingerprint density at radius 1 is 0.683 bits per heavy atom. The number of phenolic OH excluding ortho intramolecular Hbond substituents is 2. The fraction of sp³-hybridized carbons (Fsp3) is 0.125. The molecule has 41 heavy (non-hydrogen) atoms. The van der Waals surface area contributed by atoms with Crippen LogP contribution in [0.4, 0.5) is 0 Å². The highest BCUT2D eigenvalue weighted by atomic mass is 35.5. The summed E-state index contributed by atoms with van der Waals surface area (Å²) in [5, 5.41) is 22.2. The number of unbranched alkanes of at least 4 members (excludes halogenated alkanes) is 1. The lowest BCUT2D eigenvalue weighted by molar-refractivity contribution is 0.0491. The minimum absolute atomic E-state index is 0.00774. The van der Waals surface area contributed by atoms with E-state index in [9.17, 15) is 29.4 Å². The van der Waals surface area contributed by atoms with E-state index in [1.54, 1.807) is 42.5 Å². The topological polar surface area (TPSA) is 127 Å². The highest BCUT2D eigenvalue weighted by Crippen LogP contribution is 2.46. The van der Waals surface area contributed by atoms with E-state index in [0.29, 0.717) is 12.8 Å². The van der Waals surface area contributed by atoms with Crippen LogP contribution >= 0.6 is 11.6 Å². The number of phenols is 2. The zero-order valence-electron chi connectivity index (χ0n) is 21.9. The van der Waals surface area contributed by atoms with Crippen molar-refractivity contribution in [3.05, 3.63) is 123 Å². The number of ketones is 2. The van der Waals surface area contributed by atoms with Crippen LogP contribution in [0.25, 0.3) is 0 Å². The first-order valence-corrected chi connectivity index (χ1v) is 13.1. The molecule has 2 N–H and O–H groups in total. The molecule has 4 rings (SSSR count). The molecule has 0 aliphatic carbocycles. The highest BCUT2D eigenvalue weighted by molar-refractivity contribution is 6.36. The summed E-state index contributed by atoms with van der Waals surface area (Å²) >= 11 is 6.30. The number of benzene rings is 4. The normalized spacial score (nSPS) is 10.6. The number of esters is 2. The van der Waals surface area contributed by atoms with Crippen molar-refractivity contribution >= 4 is 35.1 Å². The molecular formula is C32H25ClO8. The van der Waals surface area contributed by atoms with Gasteiger partial charge in [0.2, 0.25) is 5.75 Å². The van der Waals surface area contributed by atoms with Crippen LogP contribution in [0.15, 0.2) is 84.9 Å². The van der Waals surface area contributed by atoms with Gasteiger partial charge in [0, 0.05) is 11.1 Å². The number of carbonyl (C=O) groups excluding carboxylic acids is 4. The summed E-state index contributed by atoms with van der Waals surface area (Å²) in [6, 6.07) is 21.2. The van der Waals surface area contributed by atoms with Gasteiger partial charge in [-0.25, -0.2) is 9.59 Å². The van der Waals surface area contributed by atoms with Crippen LogP contribution < -0.4 is 4.74 Å². The lowest BCUT2D eigenvalue weighted by Crippen LogP contribution is -2.22. The molecule has 0 atom stereocenters. The summed E-state index contributed by atoms with van der Waals surface area (Å²) in [6.07, 6.45) is 1.15. The van der Waals surface area contributed by atoms with E-state index in [4.69, 9.17) is 21.1 Å². The van der Waals surface area contributed by atoms with Crippen LogP contribution in [0.2, 0.25) is 5.02 Å². The van der Waals surface area contributed by atoms with Crippen molar-refractivity contribution in [1.82, 2.24) is 0 Å². The molecule has 0 spiro atoms. The molecule has 0 heterocycles. The fourth-order valence-corrected chi connectivity index (χ4v) is 4.29. The second-order valence-electron chi connectivity index (χ2n) is 8.90. The van der Waals surface area contributed by atoms with E-state index in [2.05, 4.69) is 0 Å². The van der Waals surface area contributed by atoms with E-state index in [1.165, 1.54) is 42.5 Å². The van der Waals surface area contributed by atoms with Crippen LogP contribution in [0.1, 0.15) is 72.3 Å². The molecule has 0 aliphatic rings. The lowest BCUT2D eigenvalue weighted by Gasteiger charge is -2.20. The van der Waals surface area contributed by atoms with Crippen molar-refractivity contribution in [1.29, 1.82) is 0 Å². The van der Waals surface area contributed by atoms with Gasteiger partial charge in [0.05, 0.1) is 33.9 Å². The summed E-state index contributed by atoms with van der Waals surface area (Å²) in [4.78, 5) is 54.4. The van der Waals surface area contributed by atoms with Gasteiger partial charge < -0.3 is 19.7 Å². The minimum atomic E-state index is -1.14. The maximum Gasteiger partial charge on any atom is 0.343 e. The van der Waals surface area contributed by atoms with Crippen molar-refractivity contribution in [3.8, 4) is 17.2 Å². The quantitative estimate of drug-likeness (QED) is 0.0735. The molecule has 0 saturated heterocycles. The molecule has 4 aromatic rings. The predicted molar refractivity (Wildman–Crippen MR) is 151 cm³/mol. The third kappa shape index (κ3) is 6.13. The second-order valence-corrected chi connectivity index (χ2v) is 9.31. The van der Waals surface area contributed by atoms with Crippen molar-refractivity contribution in [2.45, 2.75) is 19.8 Å². The Bertz CT molecular complexity index is 1610. The first kappa shape index (κ1) is 29.0. The number of halogens is 1. The molecule has 0 amide bonds. The van der Waals surface area contributed by atoms with Crippen LogP contribution in [-0.4, -0.2) is 40.3 Å². The lowest BCUT2D eigenvalue weighted by atomic mass is 9.88. The maximum absolute atomic E-state index is 14.0. The molecule has 9 heteroatoms.